The number of hydrogen-bond acceptors (Lipinski definition) is 3. The molecular weight excluding hydrogens is 403 g/mol. The van der Waals surface area contributed by atoms with E-state index in [1.54, 1.807) is 0 Å². The van der Waals surface area contributed by atoms with E-state index in [1.165, 1.54) is 0 Å². The monoisotopic (exact) mass is 434 g/mol. The summed E-state index contributed by atoms with van der Waals surface area (Å²) in [6.07, 6.45) is 0.283. The minimum atomic E-state index is -3.20. The number of rotatable bonds is 2. The van der Waals surface area contributed by atoms with Gasteiger partial charge < -0.3 is 9.63 Å². The smallest absolute Gasteiger partial charge is 0.282 e. The fourth-order valence-electron chi connectivity index (χ4n) is 4.26. The lowest BCUT2D eigenvalue weighted by molar-refractivity contribution is 0.422. The van der Waals surface area contributed by atoms with Crippen molar-refractivity contribution in [2.75, 3.05) is 0 Å². The summed E-state index contributed by atoms with van der Waals surface area (Å²) in [5, 5.41) is 11.8. The van der Waals surface area contributed by atoms with E-state index in [0.29, 0.717) is 11.5 Å². The molecule has 1 aliphatic rings. The molecule has 3 aromatic rings. The van der Waals surface area contributed by atoms with Gasteiger partial charge in [0.2, 0.25) is 0 Å². The highest BCUT2D eigenvalue weighted by Gasteiger charge is 2.37. The molecule has 0 spiro atoms. The Labute approximate surface area is 185 Å². The van der Waals surface area contributed by atoms with Gasteiger partial charge >= 0.3 is 0 Å². The molecule has 4 heteroatoms. The van der Waals surface area contributed by atoms with Gasteiger partial charge in [-0.2, -0.15) is 0 Å². The SMILES string of the molecule is CC(C)(C)c1cc(CP2(=O)Oc3ccccc3-c3ccccc32)cc(C(C)(C)C)c1O. The van der Waals surface area contributed by atoms with Crippen molar-refractivity contribution >= 4 is 12.7 Å². The summed E-state index contributed by atoms with van der Waals surface area (Å²) in [5.74, 6) is 0.993. The molecule has 0 bridgehead atoms. The zero-order valence-electron chi connectivity index (χ0n) is 19.2. The minimum absolute atomic E-state index is 0.244. The zero-order valence-corrected chi connectivity index (χ0v) is 20.1. The van der Waals surface area contributed by atoms with Crippen molar-refractivity contribution in [3.8, 4) is 22.6 Å². The van der Waals surface area contributed by atoms with E-state index in [4.69, 9.17) is 4.52 Å². The van der Waals surface area contributed by atoms with Gasteiger partial charge in [0.05, 0.1) is 11.5 Å². The van der Waals surface area contributed by atoms with Crippen molar-refractivity contribution in [1.29, 1.82) is 0 Å². The molecule has 3 aromatic carbocycles. The van der Waals surface area contributed by atoms with Crippen LogP contribution in [0, 0.1) is 0 Å². The molecule has 31 heavy (non-hydrogen) atoms. The maximum Gasteiger partial charge on any atom is 0.282 e. The lowest BCUT2D eigenvalue weighted by Crippen LogP contribution is -2.21. The predicted molar refractivity (Wildman–Crippen MR) is 129 cm³/mol. The van der Waals surface area contributed by atoms with Crippen LogP contribution in [0.15, 0.2) is 60.7 Å². The van der Waals surface area contributed by atoms with E-state index in [9.17, 15) is 9.67 Å². The van der Waals surface area contributed by atoms with Crippen molar-refractivity contribution < 1.29 is 14.2 Å². The van der Waals surface area contributed by atoms with Crippen LogP contribution in [0.3, 0.4) is 0 Å². The van der Waals surface area contributed by atoms with Crippen LogP contribution < -0.4 is 9.83 Å². The van der Waals surface area contributed by atoms with E-state index in [1.807, 2.05) is 60.7 Å². The van der Waals surface area contributed by atoms with Gasteiger partial charge in [0.25, 0.3) is 7.37 Å². The van der Waals surface area contributed by atoms with Crippen molar-refractivity contribution in [3.05, 3.63) is 77.4 Å². The van der Waals surface area contributed by atoms with Gasteiger partial charge in [0.15, 0.2) is 0 Å². The highest BCUT2D eigenvalue weighted by molar-refractivity contribution is 7.67. The second kappa shape index (κ2) is 7.28. The van der Waals surface area contributed by atoms with Crippen molar-refractivity contribution in [3.63, 3.8) is 0 Å². The first-order valence-electron chi connectivity index (χ1n) is 10.7. The number of hydrogen-bond donors (Lipinski definition) is 1. The van der Waals surface area contributed by atoms with Crippen LogP contribution >= 0.6 is 7.37 Å². The largest absolute Gasteiger partial charge is 0.507 e. The summed E-state index contributed by atoms with van der Waals surface area (Å²) in [6, 6.07) is 19.6. The maximum absolute atomic E-state index is 14.3. The van der Waals surface area contributed by atoms with Crippen LogP contribution in [0.1, 0.15) is 58.2 Å². The molecule has 1 N–H and O–H groups in total. The van der Waals surface area contributed by atoms with Crippen molar-refractivity contribution in [2.24, 2.45) is 0 Å². The molecule has 0 amide bonds. The Morgan fingerprint density at radius 3 is 1.90 bits per heavy atom. The molecule has 162 valence electrons. The number of para-hydroxylation sites is 1. The highest BCUT2D eigenvalue weighted by Crippen LogP contribution is 2.57. The van der Waals surface area contributed by atoms with E-state index in [0.717, 1.165) is 33.1 Å². The second-order valence-electron chi connectivity index (χ2n) is 10.5. The van der Waals surface area contributed by atoms with E-state index >= 15 is 0 Å². The lowest BCUT2D eigenvalue weighted by atomic mass is 9.78. The summed E-state index contributed by atoms with van der Waals surface area (Å²) >= 11 is 0. The van der Waals surface area contributed by atoms with Gasteiger partial charge in [-0.1, -0.05) is 90.1 Å². The molecular formula is C27H31O3P. The van der Waals surface area contributed by atoms with Crippen LogP contribution in [0.2, 0.25) is 0 Å². The van der Waals surface area contributed by atoms with Gasteiger partial charge in [0.1, 0.15) is 11.5 Å². The van der Waals surface area contributed by atoms with Crippen LogP contribution in [0.4, 0.5) is 0 Å². The molecule has 1 atom stereocenters. The van der Waals surface area contributed by atoms with Gasteiger partial charge in [0, 0.05) is 5.56 Å². The van der Waals surface area contributed by atoms with E-state index in [-0.39, 0.29) is 17.0 Å². The standard InChI is InChI=1S/C27H31O3P/c1-26(2,3)21-15-18(16-22(25(21)28)27(4,5)6)17-31(29)24-14-10-8-12-20(24)19-11-7-9-13-23(19)30-31/h7-16,28H,17H2,1-6H3. The number of fused-ring (bicyclic) bond motifs is 3. The van der Waals surface area contributed by atoms with E-state index in [2.05, 4.69) is 41.5 Å². The van der Waals surface area contributed by atoms with Gasteiger partial charge in [-0.15, -0.1) is 0 Å². The van der Waals surface area contributed by atoms with Gasteiger partial charge in [-0.3, -0.25) is 4.57 Å². The zero-order chi connectivity index (χ0) is 22.6. The Hall–Kier alpha value is -2.51. The second-order valence-corrected chi connectivity index (χ2v) is 12.8. The first-order chi connectivity index (χ1) is 14.4. The van der Waals surface area contributed by atoms with Crippen LogP contribution in [0.5, 0.6) is 11.5 Å². The molecule has 1 heterocycles. The molecule has 1 aliphatic heterocycles. The Kier molecular flexibility index (Phi) is 5.10. The third-order valence-electron chi connectivity index (χ3n) is 5.87. The van der Waals surface area contributed by atoms with Crippen LogP contribution in [-0.4, -0.2) is 5.11 Å². The summed E-state index contributed by atoms with van der Waals surface area (Å²) in [7, 11) is -3.20. The summed E-state index contributed by atoms with van der Waals surface area (Å²) < 4.78 is 20.5. The van der Waals surface area contributed by atoms with Gasteiger partial charge in [-0.05, 0) is 45.2 Å². The minimum Gasteiger partial charge on any atom is -0.507 e. The first-order valence-corrected chi connectivity index (χ1v) is 12.6. The van der Waals surface area contributed by atoms with Crippen molar-refractivity contribution in [1.82, 2.24) is 0 Å². The fourth-order valence-corrected chi connectivity index (χ4v) is 6.61. The molecule has 3 nitrogen and oxygen atoms in total. The topological polar surface area (TPSA) is 46.5 Å². The molecule has 0 fully saturated rings. The van der Waals surface area contributed by atoms with Crippen LogP contribution in [-0.2, 0) is 21.6 Å². The molecule has 0 saturated heterocycles. The molecule has 0 saturated carbocycles. The molecule has 4 rings (SSSR count). The number of phenols is 1. The summed E-state index contributed by atoms with van der Waals surface area (Å²) in [5.41, 5.74) is 4.11. The lowest BCUT2D eigenvalue weighted by Gasteiger charge is -2.31. The third kappa shape index (κ3) is 3.92. The number of phenolic OH excluding ortho intramolecular Hbond substituents is 1. The van der Waals surface area contributed by atoms with Crippen molar-refractivity contribution in [2.45, 2.75) is 58.5 Å². The molecule has 0 radical (unpaired) electrons. The fraction of sp³-hybridized carbons (Fsp3) is 0.333. The highest BCUT2D eigenvalue weighted by atomic mass is 31.2. The van der Waals surface area contributed by atoms with E-state index < -0.39 is 7.37 Å². The quantitative estimate of drug-likeness (QED) is 0.436. The first kappa shape index (κ1) is 21.7. The number of aromatic hydroxyl groups is 1. The average molecular weight is 435 g/mol. The average Bonchev–Trinajstić information content (AvgIpc) is 2.68. The Balaban J connectivity index is 1.87. The van der Waals surface area contributed by atoms with Gasteiger partial charge in [-0.25, -0.2) is 0 Å². The Morgan fingerprint density at radius 1 is 0.806 bits per heavy atom. The Morgan fingerprint density at radius 2 is 1.32 bits per heavy atom. The third-order valence-corrected chi connectivity index (χ3v) is 8.27. The normalized spacial score (nSPS) is 18.1. The van der Waals surface area contributed by atoms with Crippen LogP contribution in [0.25, 0.3) is 11.1 Å². The molecule has 1 unspecified atom stereocenters. The Bertz CT molecular complexity index is 1160. The maximum atomic E-state index is 14.3. The molecule has 0 aromatic heterocycles. The number of benzene rings is 3. The molecule has 0 aliphatic carbocycles. The summed E-state index contributed by atoms with van der Waals surface area (Å²) in [4.78, 5) is 0. The summed E-state index contributed by atoms with van der Waals surface area (Å²) in [6.45, 7) is 12.5. The predicted octanol–water partition coefficient (Wildman–Crippen LogP) is 7.15.